The largest absolute Gasteiger partial charge is 0.371 e. The molecule has 0 bridgehead atoms. The van der Waals surface area contributed by atoms with Gasteiger partial charge in [0.25, 0.3) is 0 Å². The van der Waals surface area contributed by atoms with E-state index < -0.39 is 0 Å². The molecule has 1 saturated carbocycles. The molecule has 2 aliphatic rings. The van der Waals surface area contributed by atoms with Crippen LogP contribution in [0.15, 0.2) is 24.3 Å². The van der Waals surface area contributed by atoms with Crippen LogP contribution in [0.2, 0.25) is 0 Å². The van der Waals surface area contributed by atoms with Gasteiger partial charge in [-0.2, -0.15) is 0 Å². The Bertz CT molecular complexity index is 462. The molecule has 3 heteroatoms. The fraction of sp³-hybridized carbons (Fsp3) is 0.647. The minimum atomic E-state index is -0.116. The molecule has 110 valence electrons. The van der Waals surface area contributed by atoms with E-state index in [-0.39, 0.29) is 11.7 Å². The zero-order valence-electron chi connectivity index (χ0n) is 12.3. The molecule has 3 nitrogen and oxygen atoms in total. The lowest BCUT2D eigenvalue weighted by atomic mass is 9.97. The Hall–Kier alpha value is -0.900. The van der Waals surface area contributed by atoms with Crippen molar-refractivity contribution in [1.82, 2.24) is 0 Å². The van der Waals surface area contributed by atoms with Crippen molar-refractivity contribution in [3.8, 4) is 0 Å². The molecule has 3 atom stereocenters. The van der Waals surface area contributed by atoms with Crippen molar-refractivity contribution in [1.29, 1.82) is 0 Å². The summed E-state index contributed by atoms with van der Waals surface area (Å²) >= 11 is 0. The van der Waals surface area contributed by atoms with Crippen molar-refractivity contribution >= 4 is 0 Å². The van der Waals surface area contributed by atoms with E-state index in [1.807, 2.05) is 0 Å². The molecule has 0 amide bonds. The van der Waals surface area contributed by atoms with Crippen LogP contribution in [0.1, 0.15) is 43.4 Å². The summed E-state index contributed by atoms with van der Waals surface area (Å²) in [7, 11) is 0. The number of benzene rings is 1. The lowest BCUT2D eigenvalue weighted by Gasteiger charge is -2.32. The predicted molar refractivity (Wildman–Crippen MR) is 79.6 cm³/mol. The van der Waals surface area contributed by atoms with Gasteiger partial charge < -0.3 is 15.2 Å². The van der Waals surface area contributed by atoms with E-state index in [1.165, 1.54) is 17.5 Å². The highest BCUT2D eigenvalue weighted by atomic mass is 16.5. The van der Waals surface area contributed by atoms with Gasteiger partial charge in [0.1, 0.15) is 6.10 Å². The third kappa shape index (κ3) is 2.76. The van der Waals surface area contributed by atoms with Crippen LogP contribution in [0, 0.1) is 5.92 Å². The SMILES string of the molecule is CC1CCC(CN)(OCC2OCCc3ccccc32)C1. The van der Waals surface area contributed by atoms with Crippen molar-refractivity contribution in [2.24, 2.45) is 11.7 Å². The Labute approximate surface area is 121 Å². The normalized spacial score (nSPS) is 33.1. The van der Waals surface area contributed by atoms with E-state index >= 15 is 0 Å². The summed E-state index contributed by atoms with van der Waals surface area (Å²) in [6.07, 6.45) is 4.46. The first-order valence-corrected chi connectivity index (χ1v) is 7.76. The second kappa shape index (κ2) is 5.84. The fourth-order valence-corrected chi connectivity index (χ4v) is 3.59. The Morgan fingerprint density at radius 1 is 1.40 bits per heavy atom. The number of rotatable bonds is 4. The highest BCUT2D eigenvalue weighted by molar-refractivity contribution is 5.30. The highest BCUT2D eigenvalue weighted by Crippen LogP contribution is 2.38. The molecular weight excluding hydrogens is 250 g/mol. The number of hydrogen-bond donors (Lipinski definition) is 1. The van der Waals surface area contributed by atoms with Crippen molar-refractivity contribution in [2.45, 2.75) is 44.3 Å². The summed E-state index contributed by atoms with van der Waals surface area (Å²) in [5.41, 5.74) is 8.55. The van der Waals surface area contributed by atoms with Crippen molar-refractivity contribution in [2.75, 3.05) is 19.8 Å². The molecule has 1 fully saturated rings. The van der Waals surface area contributed by atoms with E-state index in [1.54, 1.807) is 0 Å². The predicted octanol–water partition coefficient (Wildman–Crippen LogP) is 2.83. The Morgan fingerprint density at radius 3 is 3.00 bits per heavy atom. The first kappa shape index (κ1) is 14.1. The van der Waals surface area contributed by atoms with Crippen LogP contribution < -0.4 is 5.73 Å². The van der Waals surface area contributed by atoms with Gasteiger partial charge in [0, 0.05) is 6.54 Å². The maximum atomic E-state index is 6.26. The molecular formula is C17H25NO2. The first-order chi connectivity index (χ1) is 9.72. The van der Waals surface area contributed by atoms with Gasteiger partial charge >= 0.3 is 0 Å². The van der Waals surface area contributed by atoms with Gasteiger partial charge in [-0.15, -0.1) is 0 Å². The zero-order valence-corrected chi connectivity index (χ0v) is 12.3. The van der Waals surface area contributed by atoms with Gasteiger partial charge in [0.2, 0.25) is 0 Å². The van der Waals surface area contributed by atoms with Crippen molar-refractivity contribution < 1.29 is 9.47 Å². The molecule has 1 aliphatic carbocycles. The van der Waals surface area contributed by atoms with Gasteiger partial charge in [-0.1, -0.05) is 31.2 Å². The van der Waals surface area contributed by atoms with Crippen LogP contribution in [-0.2, 0) is 15.9 Å². The summed E-state index contributed by atoms with van der Waals surface area (Å²) in [6, 6.07) is 8.54. The number of hydrogen-bond acceptors (Lipinski definition) is 3. The monoisotopic (exact) mass is 275 g/mol. The van der Waals surface area contributed by atoms with E-state index in [4.69, 9.17) is 15.2 Å². The van der Waals surface area contributed by atoms with Crippen LogP contribution in [0.25, 0.3) is 0 Å². The van der Waals surface area contributed by atoms with Crippen LogP contribution in [0.5, 0.6) is 0 Å². The van der Waals surface area contributed by atoms with Gasteiger partial charge in [-0.05, 0) is 42.7 Å². The standard InChI is InChI=1S/C17H25NO2/c1-13-6-8-17(10-13,12-18)20-11-16-15-5-3-2-4-14(15)7-9-19-16/h2-5,13,16H,6-12,18H2,1H3. The summed E-state index contributed by atoms with van der Waals surface area (Å²) in [5.74, 6) is 0.720. The average Bonchev–Trinajstić information content (AvgIpc) is 2.87. The summed E-state index contributed by atoms with van der Waals surface area (Å²) in [4.78, 5) is 0. The summed E-state index contributed by atoms with van der Waals surface area (Å²) in [5, 5.41) is 0. The van der Waals surface area contributed by atoms with Crippen LogP contribution in [0.3, 0.4) is 0 Å². The van der Waals surface area contributed by atoms with Gasteiger partial charge in [-0.25, -0.2) is 0 Å². The maximum absolute atomic E-state index is 6.26. The minimum Gasteiger partial charge on any atom is -0.371 e. The average molecular weight is 275 g/mol. The summed E-state index contributed by atoms with van der Waals surface area (Å²) < 4.78 is 12.2. The minimum absolute atomic E-state index is 0.0688. The third-order valence-corrected chi connectivity index (χ3v) is 4.82. The number of ether oxygens (including phenoxy) is 2. The first-order valence-electron chi connectivity index (χ1n) is 7.76. The van der Waals surface area contributed by atoms with Crippen molar-refractivity contribution in [3.05, 3.63) is 35.4 Å². The van der Waals surface area contributed by atoms with Crippen LogP contribution in [0.4, 0.5) is 0 Å². The van der Waals surface area contributed by atoms with E-state index in [0.717, 1.165) is 31.8 Å². The molecule has 20 heavy (non-hydrogen) atoms. The molecule has 0 saturated heterocycles. The highest BCUT2D eigenvalue weighted by Gasteiger charge is 2.38. The molecule has 1 aromatic rings. The van der Waals surface area contributed by atoms with E-state index in [0.29, 0.717) is 13.2 Å². The van der Waals surface area contributed by atoms with Crippen molar-refractivity contribution in [3.63, 3.8) is 0 Å². The van der Waals surface area contributed by atoms with E-state index in [2.05, 4.69) is 31.2 Å². The maximum Gasteiger partial charge on any atom is 0.106 e. The second-order valence-electron chi connectivity index (χ2n) is 6.35. The number of fused-ring (bicyclic) bond motifs is 1. The Morgan fingerprint density at radius 2 is 2.25 bits per heavy atom. The molecule has 1 aliphatic heterocycles. The van der Waals surface area contributed by atoms with Crippen LogP contribution >= 0.6 is 0 Å². The van der Waals surface area contributed by atoms with E-state index in [9.17, 15) is 0 Å². The third-order valence-electron chi connectivity index (χ3n) is 4.82. The molecule has 0 spiro atoms. The van der Waals surface area contributed by atoms with Gasteiger partial charge in [-0.3, -0.25) is 0 Å². The zero-order chi connectivity index (χ0) is 14.0. The lowest BCUT2D eigenvalue weighted by molar-refractivity contribution is -0.0955. The molecule has 1 heterocycles. The molecule has 3 rings (SSSR count). The Balaban J connectivity index is 1.67. The molecule has 1 aromatic carbocycles. The summed E-state index contributed by atoms with van der Waals surface area (Å²) in [6.45, 7) is 4.32. The Kier molecular flexibility index (Phi) is 4.11. The van der Waals surface area contributed by atoms with Gasteiger partial charge in [0.15, 0.2) is 0 Å². The smallest absolute Gasteiger partial charge is 0.106 e. The van der Waals surface area contributed by atoms with Crippen LogP contribution in [-0.4, -0.2) is 25.4 Å². The number of nitrogens with two attached hydrogens (primary N) is 1. The molecule has 0 radical (unpaired) electrons. The second-order valence-corrected chi connectivity index (χ2v) is 6.35. The fourth-order valence-electron chi connectivity index (χ4n) is 3.59. The topological polar surface area (TPSA) is 44.5 Å². The van der Waals surface area contributed by atoms with Gasteiger partial charge in [0.05, 0.1) is 18.8 Å². The quantitative estimate of drug-likeness (QED) is 0.919. The molecule has 0 aromatic heterocycles. The molecule has 2 N–H and O–H groups in total. The molecule has 3 unspecified atom stereocenters. The lowest BCUT2D eigenvalue weighted by Crippen LogP contribution is -2.40.